The van der Waals surface area contributed by atoms with Crippen LogP contribution in [0.15, 0.2) is 48.5 Å². The largest absolute Gasteiger partial charge is 0.416 e. The molecule has 2 atom stereocenters. The van der Waals surface area contributed by atoms with Gasteiger partial charge in [0.2, 0.25) is 0 Å². The molecule has 0 spiro atoms. The highest BCUT2D eigenvalue weighted by atomic mass is 35.5. The third-order valence-corrected chi connectivity index (χ3v) is 7.54. The van der Waals surface area contributed by atoms with Gasteiger partial charge in [0.1, 0.15) is 17.1 Å². The highest BCUT2D eigenvalue weighted by Crippen LogP contribution is 2.46. The number of ketones is 1. The lowest BCUT2D eigenvalue weighted by Crippen LogP contribution is -2.64. The molecule has 2 aliphatic heterocycles. The molecule has 2 saturated heterocycles. The smallest absolute Gasteiger partial charge is 0.410 e. The summed E-state index contributed by atoms with van der Waals surface area (Å²) in [6.07, 6.45) is 2.60. The van der Waals surface area contributed by atoms with Crippen LogP contribution in [-0.2, 0) is 4.79 Å². The van der Waals surface area contributed by atoms with E-state index in [-0.39, 0.29) is 29.4 Å². The zero-order valence-electron chi connectivity index (χ0n) is 18.9. The first-order valence-corrected chi connectivity index (χ1v) is 12.3. The molecule has 5 rings (SSSR count). The van der Waals surface area contributed by atoms with E-state index in [4.69, 9.17) is 16.3 Å². The predicted octanol–water partition coefficient (Wildman–Crippen LogP) is 4.14. The van der Waals surface area contributed by atoms with E-state index in [2.05, 4.69) is 10.6 Å². The van der Waals surface area contributed by atoms with E-state index in [1.807, 2.05) is 24.3 Å². The van der Waals surface area contributed by atoms with Crippen LogP contribution in [0.25, 0.3) is 0 Å². The molecule has 0 unspecified atom stereocenters. The Morgan fingerprint density at radius 3 is 2.29 bits per heavy atom. The summed E-state index contributed by atoms with van der Waals surface area (Å²) in [4.78, 5) is 29.7. The SMILES string of the molecule is O=C(Oc1ccc(F)cc1)N(C1CC1)[C@@]1(C(=O)C2CCNCC2)CNC[C@@H]1c1ccc(Cl)cc1. The van der Waals surface area contributed by atoms with Crippen molar-refractivity contribution < 1.29 is 18.7 Å². The van der Waals surface area contributed by atoms with Gasteiger partial charge in [-0.15, -0.1) is 0 Å². The molecule has 2 N–H and O–H groups in total. The van der Waals surface area contributed by atoms with E-state index in [9.17, 15) is 14.0 Å². The minimum atomic E-state index is -1.06. The van der Waals surface area contributed by atoms with Gasteiger partial charge in [0.25, 0.3) is 0 Å². The van der Waals surface area contributed by atoms with E-state index in [1.54, 1.807) is 4.90 Å². The Hall–Kier alpha value is -2.48. The number of halogens is 2. The van der Waals surface area contributed by atoms with Crippen molar-refractivity contribution >= 4 is 23.5 Å². The van der Waals surface area contributed by atoms with Crippen molar-refractivity contribution in [1.29, 1.82) is 0 Å². The average Bonchev–Trinajstić information content (AvgIpc) is 3.59. The predicted molar refractivity (Wildman–Crippen MR) is 128 cm³/mol. The Kier molecular flexibility index (Phi) is 6.60. The standard InChI is InChI=1S/C26H29ClFN3O3/c27-19-3-1-17(2-4-19)23-15-30-16-26(23,24(32)18-11-13-29-14-12-18)31(21-7-8-21)25(33)34-22-9-5-20(28)6-10-22/h1-6,9-10,18,21,23,29-30H,7-8,11-16H2/t23-,26+/m1/s1. The highest BCUT2D eigenvalue weighted by molar-refractivity contribution is 6.30. The van der Waals surface area contributed by atoms with E-state index >= 15 is 0 Å². The Bertz CT molecular complexity index is 1040. The van der Waals surface area contributed by atoms with Crippen molar-refractivity contribution in [2.45, 2.75) is 43.2 Å². The van der Waals surface area contributed by atoms with Crippen LogP contribution < -0.4 is 15.4 Å². The number of carbonyl (C=O) groups is 2. The molecule has 0 radical (unpaired) electrons. The van der Waals surface area contributed by atoms with Crippen LogP contribution in [0, 0.1) is 11.7 Å². The van der Waals surface area contributed by atoms with Crippen molar-refractivity contribution in [3.05, 3.63) is 64.9 Å². The monoisotopic (exact) mass is 485 g/mol. The lowest BCUT2D eigenvalue weighted by atomic mass is 9.72. The molecular weight excluding hydrogens is 457 g/mol. The zero-order valence-corrected chi connectivity index (χ0v) is 19.7. The number of piperidine rings is 1. The summed E-state index contributed by atoms with van der Waals surface area (Å²) in [6, 6.07) is 12.9. The lowest BCUT2D eigenvalue weighted by Gasteiger charge is -2.45. The first kappa shape index (κ1) is 23.3. The number of rotatable bonds is 6. The van der Waals surface area contributed by atoms with Crippen LogP contribution in [-0.4, -0.2) is 54.5 Å². The molecule has 0 bridgehead atoms. The topological polar surface area (TPSA) is 70.7 Å². The number of amides is 1. The van der Waals surface area contributed by atoms with Crippen LogP contribution in [0.1, 0.15) is 37.2 Å². The molecule has 3 fully saturated rings. The number of ether oxygens (including phenoxy) is 1. The fourth-order valence-corrected chi connectivity index (χ4v) is 5.61. The Morgan fingerprint density at radius 2 is 1.65 bits per heavy atom. The highest BCUT2D eigenvalue weighted by Gasteiger charge is 2.60. The summed E-state index contributed by atoms with van der Waals surface area (Å²) < 4.78 is 19.1. The van der Waals surface area contributed by atoms with Crippen LogP contribution in [0.4, 0.5) is 9.18 Å². The minimum Gasteiger partial charge on any atom is -0.410 e. The summed E-state index contributed by atoms with van der Waals surface area (Å²) in [5.74, 6) is -0.402. The van der Waals surface area contributed by atoms with Gasteiger partial charge in [0, 0.05) is 36.0 Å². The molecule has 1 amide bonds. The summed E-state index contributed by atoms with van der Waals surface area (Å²) in [7, 11) is 0. The molecule has 0 aromatic heterocycles. The fraction of sp³-hybridized carbons (Fsp3) is 0.462. The molecule has 3 aliphatic rings. The summed E-state index contributed by atoms with van der Waals surface area (Å²) in [5, 5.41) is 7.37. The van der Waals surface area contributed by atoms with Gasteiger partial charge < -0.3 is 15.4 Å². The van der Waals surface area contributed by atoms with Gasteiger partial charge in [-0.2, -0.15) is 0 Å². The third-order valence-electron chi connectivity index (χ3n) is 7.29. The number of nitrogens with zero attached hydrogens (tertiary/aromatic N) is 1. The van der Waals surface area contributed by atoms with E-state index in [1.165, 1.54) is 24.3 Å². The van der Waals surface area contributed by atoms with Crippen LogP contribution in [0.3, 0.4) is 0 Å². The second-order valence-electron chi connectivity index (χ2n) is 9.47. The van der Waals surface area contributed by atoms with Crippen LogP contribution in [0.5, 0.6) is 5.75 Å². The molecular formula is C26H29ClFN3O3. The van der Waals surface area contributed by atoms with Gasteiger partial charge in [-0.25, -0.2) is 9.18 Å². The van der Waals surface area contributed by atoms with Crippen molar-refractivity contribution in [2.24, 2.45) is 5.92 Å². The number of hydrogen-bond acceptors (Lipinski definition) is 5. The number of hydrogen-bond donors (Lipinski definition) is 2. The van der Waals surface area contributed by atoms with E-state index in [0.717, 1.165) is 44.3 Å². The molecule has 8 heteroatoms. The zero-order chi connectivity index (χ0) is 23.7. The number of carbonyl (C=O) groups excluding carboxylic acids is 2. The van der Waals surface area contributed by atoms with Gasteiger partial charge >= 0.3 is 6.09 Å². The molecule has 1 aliphatic carbocycles. The second-order valence-corrected chi connectivity index (χ2v) is 9.91. The maximum atomic E-state index is 14.4. The summed E-state index contributed by atoms with van der Waals surface area (Å²) in [5.41, 5.74) is -0.0920. The summed E-state index contributed by atoms with van der Waals surface area (Å²) >= 11 is 6.15. The maximum absolute atomic E-state index is 14.4. The fourth-order valence-electron chi connectivity index (χ4n) is 5.48. The molecule has 2 aromatic rings. The van der Waals surface area contributed by atoms with Crippen molar-refractivity contribution in [1.82, 2.24) is 15.5 Å². The van der Waals surface area contributed by atoms with Gasteiger partial charge in [-0.1, -0.05) is 23.7 Å². The molecule has 1 saturated carbocycles. The number of nitrogens with one attached hydrogen (secondary N) is 2. The molecule has 2 aromatic carbocycles. The first-order valence-electron chi connectivity index (χ1n) is 12.0. The molecule has 34 heavy (non-hydrogen) atoms. The van der Waals surface area contributed by atoms with Crippen LogP contribution in [0.2, 0.25) is 5.02 Å². The lowest BCUT2D eigenvalue weighted by molar-refractivity contribution is -0.135. The van der Waals surface area contributed by atoms with E-state index in [0.29, 0.717) is 18.1 Å². The molecule has 180 valence electrons. The molecule has 6 nitrogen and oxygen atoms in total. The third kappa shape index (κ3) is 4.44. The van der Waals surface area contributed by atoms with Crippen molar-refractivity contribution in [3.63, 3.8) is 0 Å². The number of Topliss-reactive ketones (excluding diaryl/α,β-unsaturated/α-hetero) is 1. The minimum absolute atomic E-state index is 0.0617. The van der Waals surface area contributed by atoms with Crippen molar-refractivity contribution in [3.8, 4) is 5.75 Å². The Balaban J connectivity index is 1.55. The normalized spacial score (nSPS) is 25.2. The summed E-state index contributed by atoms with van der Waals surface area (Å²) in [6.45, 7) is 2.52. The Labute approximate surface area is 203 Å². The van der Waals surface area contributed by atoms with Crippen LogP contribution >= 0.6 is 11.6 Å². The first-order chi connectivity index (χ1) is 16.5. The van der Waals surface area contributed by atoms with E-state index < -0.39 is 17.4 Å². The van der Waals surface area contributed by atoms with Gasteiger partial charge in [-0.05, 0) is 80.7 Å². The molecule has 2 heterocycles. The second kappa shape index (κ2) is 9.64. The van der Waals surface area contributed by atoms with Gasteiger partial charge in [-0.3, -0.25) is 9.69 Å². The maximum Gasteiger partial charge on any atom is 0.416 e. The Morgan fingerprint density at radius 1 is 0.971 bits per heavy atom. The quantitative estimate of drug-likeness (QED) is 0.643. The van der Waals surface area contributed by atoms with Gasteiger partial charge in [0.15, 0.2) is 5.78 Å². The van der Waals surface area contributed by atoms with Crippen molar-refractivity contribution in [2.75, 3.05) is 26.2 Å². The van der Waals surface area contributed by atoms with Gasteiger partial charge in [0.05, 0.1) is 0 Å². The average molecular weight is 486 g/mol. The number of benzene rings is 2.